The summed E-state index contributed by atoms with van der Waals surface area (Å²) < 4.78 is 0. The lowest BCUT2D eigenvalue weighted by Crippen LogP contribution is -2.14. The van der Waals surface area contributed by atoms with E-state index in [0.29, 0.717) is 0 Å². The smallest absolute Gasteiger partial charge is 0.00699 e. The fourth-order valence-corrected chi connectivity index (χ4v) is 9.13. The molecule has 2 unspecified atom stereocenters. The molecule has 3 aromatic carbocycles. The van der Waals surface area contributed by atoms with E-state index >= 15 is 0 Å². The van der Waals surface area contributed by atoms with Gasteiger partial charge in [0.05, 0.1) is 0 Å². The first-order valence-corrected chi connectivity index (χ1v) is 10.1. The highest BCUT2D eigenvalue weighted by Gasteiger charge is 2.70. The SMILES string of the molecule is c1ccc(S(c2ccccc2)(c2ccccc2)C2C3CC32)cc1. The van der Waals surface area contributed by atoms with Crippen LogP contribution in [0.1, 0.15) is 6.42 Å². The molecule has 2 atom stereocenters. The number of rotatable bonds is 4. The molecule has 2 aliphatic rings. The average molecular weight is 316 g/mol. The van der Waals surface area contributed by atoms with Crippen LogP contribution in [0.25, 0.3) is 0 Å². The Morgan fingerprint density at radius 3 is 1.13 bits per heavy atom. The number of benzene rings is 3. The zero-order valence-corrected chi connectivity index (χ0v) is 13.8. The molecular formula is C22H20S. The second kappa shape index (κ2) is 5.01. The number of hydrogen-bond donors (Lipinski definition) is 0. The third-order valence-electron chi connectivity index (χ3n) is 5.35. The summed E-state index contributed by atoms with van der Waals surface area (Å²) in [5, 5.41) is 0.842. The summed E-state index contributed by atoms with van der Waals surface area (Å²) in [6.07, 6.45) is 1.45. The standard InChI is InChI=1S/C22H20S/c1-4-10-17(11-5-1)23(22-20-16-21(20)22,18-12-6-2-7-13-18)19-14-8-3-9-15-19/h1-15,20-22H,16H2. The van der Waals surface area contributed by atoms with Gasteiger partial charge in [-0.1, -0.05) is 54.6 Å². The molecule has 0 bridgehead atoms. The number of fused-ring (bicyclic) bond motifs is 1. The van der Waals surface area contributed by atoms with E-state index in [-0.39, 0.29) is 0 Å². The fraction of sp³-hybridized carbons (Fsp3) is 0.182. The number of hydrogen-bond acceptors (Lipinski definition) is 0. The summed E-state index contributed by atoms with van der Waals surface area (Å²) in [6.45, 7) is 0. The Morgan fingerprint density at radius 1 is 0.522 bits per heavy atom. The van der Waals surface area contributed by atoms with Crippen molar-refractivity contribution in [1.82, 2.24) is 0 Å². The molecule has 0 amide bonds. The van der Waals surface area contributed by atoms with Gasteiger partial charge in [-0.3, -0.25) is 0 Å². The van der Waals surface area contributed by atoms with Crippen molar-refractivity contribution in [3.8, 4) is 0 Å². The molecule has 0 spiro atoms. The third kappa shape index (κ3) is 1.93. The lowest BCUT2D eigenvalue weighted by Gasteiger charge is -2.44. The Kier molecular flexibility index (Phi) is 2.93. The van der Waals surface area contributed by atoms with Crippen LogP contribution in [-0.4, -0.2) is 5.25 Å². The molecule has 0 heterocycles. The molecule has 0 saturated heterocycles. The van der Waals surface area contributed by atoms with Crippen molar-refractivity contribution in [3.05, 3.63) is 91.0 Å². The van der Waals surface area contributed by atoms with E-state index in [2.05, 4.69) is 91.0 Å². The molecule has 5 rings (SSSR count). The highest BCUT2D eigenvalue weighted by molar-refractivity contribution is 8.34. The van der Waals surface area contributed by atoms with Crippen LogP contribution in [0.15, 0.2) is 106 Å². The predicted molar refractivity (Wildman–Crippen MR) is 97.1 cm³/mol. The van der Waals surface area contributed by atoms with Crippen molar-refractivity contribution in [2.75, 3.05) is 0 Å². The monoisotopic (exact) mass is 316 g/mol. The summed E-state index contributed by atoms with van der Waals surface area (Å²) in [6, 6.07) is 33.8. The van der Waals surface area contributed by atoms with Gasteiger partial charge in [0.1, 0.15) is 0 Å². The first-order chi connectivity index (χ1) is 11.4. The maximum absolute atomic E-state index is 2.35. The minimum absolute atomic E-state index is 0.842. The van der Waals surface area contributed by atoms with Crippen LogP contribution in [0.2, 0.25) is 0 Å². The van der Waals surface area contributed by atoms with Gasteiger partial charge in [-0.15, -0.1) is 0 Å². The zero-order valence-electron chi connectivity index (χ0n) is 13.0. The molecule has 114 valence electrons. The maximum Gasteiger partial charge on any atom is 0.00699 e. The first kappa shape index (κ1) is 13.4. The maximum atomic E-state index is 2.35. The Morgan fingerprint density at radius 2 is 0.870 bits per heavy atom. The van der Waals surface area contributed by atoms with Crippen LogP contribution < -0.4 is 0 Å². The quantitative estimate of drug-likeness (QED) is 0.555. The van der Waals surface area contributed by atoms with Crippen LogP contribution in [-0.2, 0) is 0 Å². The van der Waals surface area contributed by atoms with Gasteiger partial charge in [0, 0.05) is 5.25 Å². The van der Waals surface area contributed by atoms with E-state index in [9.17, 15) is 0 Å². The molecule has 0 N–H and O–H groups in total. The van der Waals surface area contributed by atoms with Gasteiger partial charge in [-0.2, -0.15) is 10.0 Å². The predicted octanol–water partition coefficient (Wildman–Crippen LogP) is 5.99. The summed E-state index contributed by atoms with van der Waals surface area (Å²) in [5.74, 6) is 1.93. The topological polar surface area (TPSA) is 0 Å². The van der Waals surface area contributed by atoms with E-state index in [1.807, 2.05) is 0 Å². The molecule has 0 aliphatic heterocycles. The minimum atomic E-state index is -1.14. The van der Waals surface area contributed by atoms with E-state index in [4.69, 9.17) is 0 Å². The Balaban J connectivity index is 1.81. The highest BCUT2D eigenvalue weighted by Crippen LogP contribution is 2.86. The average Bonchev–Trinajstić information content (AvgIpc) is 3.54. The van der Waals surface area contributed by atoms with E-state index in [1.54, 1.807) is 0 Å². The first-order valence-electron chi connectivity index (χ1n) is 8.40. The Hall–Kier alpha value is -1.99. The van der Waals surface area contributed by atoms with Crippen molar-refractivity contribution in [3.63, 3.8) is 0 Å². The van der Waals surface area contributed by atoms with Gasteiger partial charge < -0.3 is 0 Å². The van der Waals surface area contributed by atoms with Gasteiger partial charge in [-0.05, 0) is 69.3 Å². The normalized spacial score (nSPS) is 25.5. The molecule has 2 fully saturated rings. The van der Waals surface area contributed by atoms with Crippen LogP contribution in [0.5, 0.6) is 0 Å². The molecule has 2 aliphatic carbocycles. The molecule has 0 nitrogen and oxygen atoms in total. The van der Waals surface area contributed by atoms with Gasteiger partial charge >= 0.3 is 0 Å². The van der Waals surface area contributed by atoms with Crippen molar-refractivity contribution in [2.45, 2.75) is 26.4 Å². The Bertz CT molecular complexity index is 706. The summed E-state index contributed by atoms with van der Waals surface area (Å²) in [7, 11) is -1.14. The van der Waals surface area contributed by atoms with Gasteiger partial charge in [0.25, 0.3) is 0 Å². The second-order valence-corrected chi connectivity index (χ2v) is 9.90. The van der Waals surface area contributed by atoms with Crippen molar-refractivity contribution in [2.24, 2.45) is 11.8 Å². The minimum Gasteiger partial charge on any atom is -0.157 e. The van der Waals surface area contributed by atoms with Gasteiger partial charge in [0.15, 0.2) is 0 Å². The second-order valence-electron chi connectivity index (χ2n) is 6.63. The van der Waals surface area contributed by atoms with E-state index in [1.165, 1.54) is 21.1 Å². The molecular weight excluding hydrogens is 296 g/mol. The van der Waals surface area contributed by atoms with Gasteiger partial charge in [-0.25, -0.2) is 0 Å². The van der Waals surface area contributed by atoms with Crippen molar-refractivity contribution >= 4 is 10.0 Å². The van der Waals surface area contributed by atoms with Gasteiger partial charge in [0.2, 0.25) is 0 Å². The molecule has 0 aromatic heterocycles. The fourth-order valence-electron chi connectivity index (χ4n) is 4.03. The molecule has 0 radical (unpaired) electrons. The summed E-state index contributed by atoms with van der Waals surface area (Å²) >= 11 is 0. The molecule has 2 saturated carbocycles. The summed E-state index contributed by atoms with van der Waals surface area (Å²) in [5.41, 5.74) is 0. The van der Waals surface area contributed by atoms with Crippen LogP contribution >= 0.6 is 10.0 Å². The lowest BCUT2D eigenvalue weighted by atomic mass is 10.3. The lowest BCUT2D eigenvalue weighted by molar-refractivity contribution is 0.909. The van der Waals surface area contributed by atoms with E-state index < -0.39 is 10.0 Å². The van der Waals surface area contributed by atoms with E-state index in [0.717, 1.165) is 17.1 Å². The van der Waals surface area contributed by atoms with Crippen LogP contribution in [0.3, 0.4) is 0 Å². The highest BCUT2D eigenvalue weighted by atomic mass is 32.3. The zero-order chi connectivity index (χ0) is 15.3. The summed E-state index contributed by atoms with van der Waals surface area (Å²) in [4.78, 5) is 4.57. The van der Waals surface area contributed by atoms with Crippen molar-refractivity contribution < 1.29 is 0 Å². The van der Waals surface area contributed by atoms with Crippen molar-refractivity contribution in [1.29, 1.82) is 0 Å². The third-order valence-corrected chi connectivity index (χ3v) is 9.91. The molecule has 3 aromatic rings. The van der Waals surface area contributed by atoms with Crippen LogP contribution in [0.4, 0.5) is 0 Å². The Labute approximate surface area is 139 Å². The van der Waals surface area contributed by atoms with Crippen LogP contribution in [0, 0.1) is 11.8 Å². The molecule has 23 heavy (non-hydrogen) atoms. The largest absolute Gasteiger partial charge is 0.157 e. The molecule has 1 heteroatoms.